The highest BCUT2D eigenvalue weighted by atomic mass is 19.1. The van der Waals surface area contributed by atoms with E-state index in [4.69, 9.17) is 5.10 Å². The van der Waals surface area contributed by atoms with Gasteiger partial charge in [0.15, 0.2) is 5.82 Å². The van der Waals surface area contributed by atoms with Crippen LogP contribution in [0.15, 0.2) is 36.7 Å². The van der Waals surface area contributed by atoms with Crippen LogP contribution in [0, 0.1) is 5.82 Å². The van der Waals surface area contributed by atoms with Gasteiger partial charge in [0.25, 0.3) is 0 Å². The average molecular weight is 365 g/mol. The Labute approximate surface area is 155 Å². The number of nitrogens with one attached hydrogen (secondary N) is 2. The van der Waals surface area contributed by atoms with Gasteiger partial charge in [-0.05, 0) is 30.7 Å². The van der Waals surface area contributed by atoms with Gasteiger partial charge in [-0.25, -0.2) is 14.4 Å². The second kappa shape index (κ2) is 6.62. The molecular weight excluding hydrogens is 345 g/mol. The summed E-state index contributed by atoms with van der Waals surface area (Å²) in [6.45, 7) is 3.51. The molecule has 1 aliphatic rings. The summed E-state index contributed by atoms with van der Waals surface area (Å²) in [4.78, 5) is 12.2. The highest BCUT2D eigenvalue weighted by Gasteiger charge is 2.16. The maximum absolute atomic E-state index is 13.3. The van der Waals surface area contributed by atoms with E-state index in [1.807, 2.05) is 12.4 Å². The Morgan fingerprint density at radius 3 is 3.11 bits per heavy atom. The molecule has 0 fully saturated rings. The fraction of sp³-hybridized carbons (Fsp3) is 0.316. The summed E-state index contributed by atoms with van der Waals surface area (Å²) in [6, 6.07) is 6.73. The van der Waals surface area contributed by atoms with Crippen molar-refractivity contribution in [2.24, 2.45) is 0 Å². The van der Waals surface area contributed by atoms with Crippen molar-refractivity contribution >= 4 is 11.0 Å². The first-order chi connectivity index (χ1) is 13.3. The zero-order chi connectivity index (χ0) is 18.2. The second-order valence-electron chi connectivity index (χ2n) is 6.81. The summed E-state index contributed by atoms with van der Waals surface area (Å²) in [7, 11) is 0. The van der Waals surface area contributed by atoms with Gasteiger partial charge in [-0.3, -0.25) is 4.68 Å². The lowest BCUT2D eigenvalue weighted by Crippen LogP contribution is -2.28. The van der Waals surface area contributed by atoms with Gasteiger partial charge in [0.2, 0.25) is 0 Å². The van der Waals surface area contributed by atoms with Crippen LogP contribution in [0.5, 0.6) is 0 Å². The first-order valence-electron chi connectivity index (χ1n) is 9.19. The standard InChI is InChI=1S/C19H20FN7/c20-13-3-4-15-16(10-13)24-18(23-15)2-1-7-26-8-6-22-19(26)17-11-14-12-21-5-9-27(14)25-17/h3-4,6,8,10-11,21H,1-2,5,7,9,12H2,(H,23,24). The van der Waals surface area contributed by atoms with E-state index in [9.17, 15) is 4.39 Å². The molecule has 0 bridgehead atoms. The Morgan fingerprint density at radius 1 is 1.22 bits per heavy atom. The van der Waals surface area contributed by atoms with Crippen molar-refractivity contribution in [3.05, 3.63) is 54.0 Å². The summed E-state index contributed by atoms with van der Waals surface area (Å²) < 4.78 is 17.5. The molecule has 0 spiro atoms. The van der Waals surface area contributed by atoms with Gasteiger partial charge < -0.3 is 14.9 Å². The second-order valence-corrected chi connectivity index (χ2v) is 6.81. The van der Waals surface area contributed by atoms with Gasteiger partial charge in [-0.2, -0.15) is 5.10 Å². The third-order valence-electron chi connectivity index (χ3n) is 4.92. The van der Waals surface area contributed by atoms with Gasteiger partial charge in [0.1, 0.15) is 17.3 Å². The van der Waals surface area contributed by atoms with Crippen molar-refractivity contribution in [1.82, 2.24) is 34.6 Å². The van der Waals surface area contributed by atoms with Crippen LogP contribution in [0.1, 0.15) is 17.9 Å². The molecule has 0 aliphatic carbocycles. The molecule has 2 N–H and O–H groups in total. The Morgan fingerprint density at radius 2 is 2.19 bits per heavy atom. The fourth-order valence-corrected chi connectivity index (χ4v) is 3.59. The molecule has 8 heteroatoms. The lowest BCUT2D eigenvalue weighted by molar-refractivity contribution is 0.476. The molecule has 4 heterocycles. The molecule has 4 aromatic rings. The Kier molecular flexibility index (Phi) is 3.97. The summed E-state index contributed by atoms with van der Waals surface area (Å²) in [5.74, 6) is 1.52. The van der Waals surface area contributed by atoms with Crippen LogP contribution in [-0.4, -0.2) is 35.8 Å². The summed E-state index contributed by atoms with van der Waals surface area (Å²) in [5, 5.41) is 8.06. The van der Waals surface area contributed by atoms with Crippen LogP contribution >= 0.6 is 0 Å². The van der Waals surface area contributed by atoms with E-state index in [1.54, 1.807) is 6.07 Å². The molecule has 1 aromatic carbocycles. The van der Waals surface area contributed by atoms with Crippen molar-refractivity contribution in [3.8, 4) is 11.5 Å². The van der Waals surface area contributed by atoms with Crippen LogP contribution in [-0.2, 0) is 26.1 Å². The molecule has 0 saturated carbocycles. The summed E-state index contributed by atoms with van der Waals surface area (Å²) >= 11 is 0. The Balaban J connectivity index is 1.29. The monoisotopic (exact) mass is 365 g/mol. The van der Waals surface area contributed by atoms with Gasteiger partial charge in [-0.15, -0.1) is 0 Å². The molecule has 27 heavy (non-hydrogen) atoms. The molecule has 7 nitrogen and oxygen atoms in total. The normalized spacial score (nSPS) is 14.0. The first-order valence-corrected chi connectivity index (χ1v) is 9.19. The Bertz CT molecular complexity index is 1070. The number of nitrogens with zero attached hydrogens (tertiary/aromatic N) is 5. The number of aryl methyl sites for hydroxylation is 2. The van der Waals surface area contributed by atoms with Crippen molar-refractivity contribution < 1.29 is 4.39 Å². The largest absolute Gasteiger partial charge is 0.342 e. The number of fused-ring (bicyclic) bond motifs is 2. The number of aromatic amines is 1. The molecule has 0 unspecified atom stereocenters. The molecule has 5 rings (SSSR count). The number of rotatable bonds is 5. The molecule has 0 amide bonds. The molecule has 0 saturated heterocycles. The van der Waals surface area contributed by atoms with E-state index in [0.717, 1.165) is 67.4 Å². The molecule has 0 atom stereocenters. The van der Waals surface area contributed by atoms with Crippen molar-refractivity contribution in [3.63, 3.8) is 0 Å². The van der Waals surface area contributed by atoms with Crippen LogP contribution in [0.3, 0.4) is 0 Å². The zero-order valence-electron chi connectivity index (χ0n) is 14.8. The van der Waals surface area contributed by atoms with Crippen molar-refractivity contribution in [2.45, 2.75) is 32.5 Å². The molecule has 1 aliphatic heterocycles. The summed E-state index contributed by atoms with van der Waals surface area (Å²) in [6.07, 6.45) is 5.49. The van der Waals surface area contributed by atoms with Gasteiger partial charge >= 0.3 is 0 Å². The highest BCUT2D eigenvalue weighted by molar-refractivity contribution is 5.74. The lowest BCUT2D eigenvalue weighted by Gasteiger charge is -2.13. The molecule has 0 radical (unpaired) electrons. The van der Waals surface area contributed by atoms with E-state index in [-0.39, 0.29) is 5.82 Å². The minimum atomic E-state index is -0.251. The van der Waals surface area contributed by atoms with E-state index >= 15 is 0 Å². The average Bonchev–Trinajstić information content (AvgIpc) is 3.38. The third kappa shape index (κ3) is 3.12. The number of benzene rings is 1. The Hall–Kier alpha value is -3.00. The van der Waals surface area contributed by atoms with Crippen LogP contribution in [0.4, 0.5) is 4.39 Å². The van der Waals surface area contributed by atoms with Crippen LogP contribution in [0.2, 0.25) is 0 Å². The van der Waals surface area contributed by atoms with Gasteiger partial charge in [0, 0.05) is 38.4 Å². The predicted molar refractivity (Wildman–Crippen MR) is 99.5 cm³/mol. The smallest absolute Gasteiger partial charge is 0.160 e. The number of imidazole rings is 2. The maximum Gasteiger partial charge on any atom is 0.160 e. The van der Waals surface area contributed by atoms with Crippen LogP contribution < -0.4 is 5.32 Å². The molecule has 138 valence electrons. The highest BCUT2D eigenvalue weighted by Crippen LogP contribution is 2.20. The fourth-order valence-electron chi connectivity index (χ4n) is 3.59. The first kappa shape index (κ1) is 16.2. The molecular formula is C19H20FN7. The lowest BCUT2D eigenvalue weighted by atomic mass is 10.3. The van der Waals surface area contributed by atoms with E-state index < -0.39 is 0 Å². The van der Waals surface area contributed by atoms with Crippen molar-refractivity contribution in [1.29, 1.82) is 0 Å². The number of H-pyrrole nitrogens is 1. The van der Waals surface area contributed by atoms with Crippen molar-refractivity contribution in [2.75, 3.05) is 6.54 Å². The van der Waals surface area contributed by atoms with Crippen LogP contribution in [0.25, 0.3) is 22.6 Å². The minimum absolute atomic E-state index is 0.251. The minimum Gasteiger partial charge on any atom is -0.342 e. The van der Waals surface area contributed by atoms with Gasteiger partial charge in [0.05, 0.1) is 23.3 Å². The number of aromatic nitrogens is 6. The quantitative estimate of drug-likeness (QED) is 0.570. The van der Waals surface area contributed by atoms with E-state index in [2.05, 4.69) is 35.6 Å². The number of hydrogen-bond acceptors (Lipinski definition) is 4. The summed E-state index contributed by atoms with van der Waals surface area (Å²) in [5.41, 5.74) is 3.65. The topological polar surface area (TPSA) is 76.3 Å². The van der Waals surface area contributed by atoms with Gasteiger partial charge in [-0.1, -0.05) is 0 Å². The van der Waals surface area contributed by atoms with E-state index in [1.165, 1.54) is 17.8 Å². The third-order valence-corrected chi connectivity index (χ3v) is 4.92. The van der Waals surface area contributed by atoms with E-state index in [0.29, 0.717) is 0 Å². The number of halogens is 1. The number of hydrogen-bond donors (Lipinski definition) is 2. The maximum atomic E-state index is 13.3. The molecule has 3 aromatic heterocycles. The SMILES string of the molecule is Fc1ccc2nc(CCCn3ccnc3-c3cc4n(n3)CCNC4)[nH]c2c1. The predicted octanol–water partition coefficient (Wildman–Crippen LogP) is 2.50. The zero-order valence-corrected chi connectivity index (χ0v) is 14.8.